The molecule has 0 saturated carbocycles. The van der Waals surface area contributed by atoms with E-state index in [9.17, 15) is 9.18 Å². The van der Waals surface area contributed by atoms with Gasteiger partial charge in [0.15, 0.2) is 0 Å². The second-order valence-electron chi connectivity index (χ2n) is 4.14. The molecule has 1 aromatic carbocycles. The molecule has 0 saturated heterocycles. The number of hydrogen-bond donors (Lipinski definition) is 1. The van der Waals surface area contributed by atoms with Crippen molar-refractivity contribution in [1.82, 2.24) is 10.4 Å². The number of carbonyl (C=O) groups excluding carboxylic acids is 1. The average molecular weight is 307 g/mol. The summed E-state index contributed by atoms with van der Waals surface area (Å²) in [4.78, 5) is 16.1. The van der Waals surface area contributed by atoms with Gasteiger partial charge in [0.05, 0.1) is 24.0 Å². The van der Waals surface area contributed by atoms with E-state index in [1.54, 1.807) is 24.6 Å². The summed E-state index contributed by atoms with van der Waals surface area (Å²) in [5, 5.41) is 3.89. The van der Waals surface area contributed by atoms with Gasteiger partial charge in [0.2, 0.25) is 0 Å². The third-order valence-corrected chi connectivity index (χ3v) is 3.48. The van der Waals surface area contributed by atoms with Gasteiger partial charge in [-0.2, -0.15) is 5.10 Å². The van der Waals surface area contributed by atoms with Crippen molar-refractivity contribution in [3.8, 4) is 0 Å². The summed E-state index contributed by atoms with van der Waals surface area (Å²) >= 11 is 1.24. The summed E-state index contributed by atoms with van der Waals surface area (Å²) < 4.78 is 17.9. The fourth-order valence-electron chi connectivity index (χ4n) is 1.56. The molecule has 2 rings (SSSR count). The molecular formula is C14H14FN3O2S. The lowest BCUT2D eigenvalue weighted by Crippen LogP contribution is -2.10. The van der Waals surface area contributed by atoms with E-state index in [1.807, 2.05) is 0 Å². The normalized spacial score (nSPS) is 10.8. The van der Waals surface area contributed by atoms with Crippen LogP contribution < -0.4 is 5.43 Å². The smallest absolute Gasteiger partial charge is 0.350 e. The molecule has 0 aliphatic heterocycles. The fraction of sp³-hybridized carbons (Fsp3) is 0.214. The first-order chi connectivity index (χ1) is 10.2. The van der Waals surface area contributed by atoms with E-state index in [1.165, 1.54) is 29.7 Å². The topological polar surface area (TPSA) is 63.6 Å². The van der Waals surface area contributed by atoms with Crippen molar-refractivity contribution in [3.05, 3.63) is 51.7 Å². The lowest BCUT2D eigenvalue weighted by atomic mass is 10.2. The molecule has 0 aliphatic carbocycles. The Morgan fingerprint density at radius 1 is 1.57 bits per heavy atom. The van der Waals surface area contributed by atoms with Crippen LogP contribution in [0.25, 0.3) is 0 Å². The lowest BCUT2D eigenvalue weighted by Gasteiger charge is -2.01. The van der Waals surface area contributed by atoms with Gasteiger partial charge in [-0.3, -0.25) is 0 Å². The Labute approximate surface area is 125 Å². The molecule has 0 fully saturated rings. The van der Waals surface area contributed by atoms with E-state index < -0.39 is 5.97 Å². The predicted octanol–water partition coefficient (Wildman–Crippen LogP) is 2.52. The molecule has 21 heavy (non-hydrogen) atoms. The molecule has 110 valence electrons. The molecule has 0 spiro atoms. The maximum Gasteiger partial charge on any atom is 0.350 e. The van der Waals surface area contributed by atoms with Gasteiger partial charge in [-0.25, -0.2) is 14.2 Å². The van der Waals surface area contributed by atoms with Crippen molar-refractivity contribution in [2.45, 2.75) is 13.5 Å². The Hall–Kier alpha value is -2.28. The number of ether oxygens (including phenoxy) is 1. The SMILES string of the molecule is Cc1ncsc1C(=O)OC/C=N/NCc1cccc(F)c1. The summed E-state index contributed by atoms with van der Waals surface area (Å²) in [6.07, 6.45) is 1.44. The molecule has 0 atom stereocenters. The van der Waals surface area contributed by atoms with Crippen LogP contribution >= 0.6 is 11.3 Å². The maximum atomic E-state index is 12.9. The highest BCUT2D eigenvalue weighted by Crippen LogP contribution is 2.12. The van der Waals surface area contributed by atoms with E-state index in [0.29, 0.717) is 17.1 Å². The highest BCUT2D eigenvalue weighted by atomic mass is 32.1. The predicted molar refractivity (Wildman–Crippen MR) is 78.9 cm³/mol. The molecule has 7 heteroatoms. The van der Waals surface area contributed by atoms with E-state index in [2.05, 4.69) is 15.5 Å². The number of esters is 1. The number of hydrazone groups is 1. The number of rotatable bonds is 6. The number of benzene rings is 1. The van der Waals surface area contributed by atoms with Gasteiger partial charge < -0.3 is 10.2 Å². The van der Waals surface area contributed by atoms with Crippen LogP contribution in [0.15, 0.2) is 34.9 Å². The standard InChI is InChI=1S/C14H14FN3O2S/c1-10-13(21-9-16-10)14(19)20-6-5-17-18-8-11-3-2-4-12(15)7-11/h2-5,7,9,18H,6,8H2,1H3/b17-5+. The first-order valence-corrected chi connectivity index (χ1v) is 7.11. The monoisotopic (exact) mass is 307 g/mol. The Bertz CT molecular complexity index is 643. The van der Waals surface area contributed by atoms with Crippen molar-refractivity contribution in [1.29, 1.82) is 0 Å². The third kappa shape index (κ3) is 4.64. The Kier molecular flexibility index (Phi) is 5.39. The van der Waals surface area contributed by atoms with Gasteiger partial charge >= 0.3 is 5.97 Å². The van der Waals surface area contributed by atoms with Crippen LogP contribution in [0, 0.1) is 12.7 Å². The second-order valence-corrected chi connectivity index (χ2v) is 5.00. The number of halogens is 1. The molecular weight excluding hydrogens is 293 g/mol. The Morgan fingerprint density at radius 3 is 3.14 bits per heavy atom. The number of nitrogens with zero attached hydrogens (tertiary/aromatic N) is 2. The summed E-state index contributed by atoms with van der Waals surface area (Å²) in [5.41, 5.74) is 5.79. The van der Waals surface area contributed by atoms with Crippen LogP contribution in [-0.2, 0) is 11.3 Å². The van der Waals surface area contributed by atoms with Gasteiger partial charge in [0.1, 0.15) is 17.3 Å². The quantitative estimate of drug-likeness (QED) is 0.506. The molecule has 1 aromatic heterocycles. The van der Waals surface area contributed by atoms with Gasteiger partial charge in [-0.05, 0) is 24.6 Å². The number of hydrogen-bond acceptors (Lipinski definition) is 6. The van der Waals surface area contributed by atoms with Crippen molar-refractivity contribution < 1.29 is 13.9 Å². The minimum atomic E-state index is -0.411. The number of thiazole rings is 1. The van der Waals surface area contributed by atoms with Crippen LogP contribution in [0.4, 0.5) is 4.39 Å². The zero-order valence-corrected chi connectivity index (χ0v) is 12.2. The fourth-order valence-corrected chi connectivity index (χ4v) is 2.26. The zero-order valence-electron chi connectivity index (χ0n) is 11.4. The maximum absolute atomic E-state index is 12.9. The van der Waals surface area contributed by atoms with E-state index in [-0.39, 0.29) is 12.4 Å². The van der Waals surface area contributed by atoms with Crippen LogP contribution in [0.1, 0.15) is 20.9 Å². The lowest BCUT2D eigenvalue weighted by molar-refractivity contribution is 0.0571. The Balaban J connectivity index is 1.69. The third-order valence-electron chi connectivity index (χ3n) is 2.57. The number of aryl methyl sites for hydroxylation is 1. The highest BCUT2D eigenvalue weighted by Gasteiger charge is 2.12. The van der Waals surface area contributed by atoms with Gasteiger partial charge in [-0.15, -0.1) is 11.3 Å². The molecule has 1 heterocycles. The van der Waals surface area contributed by atoms with E-state index >= 15 is 0 Å². The van der Waals surface area contributed by atoms with Crippen molar-refractivity contribution in [2.75, 3.05) is 6.61 Å². The van der Waals surface area contributed by atoms with Crippen molar-refractivity contribution in [2.24, 2.45) is 5.10 Å². The molecule has 5 nitrogen and oxygen atoms in total. The second kappa shape index (κ2) is 7.49. The first kappa shape index (κ1) is 15.1. The van der Waals surface area contributed by atoms with Crippen LogP contribution in [0.3, 0.4) is 0 Å². The van der Waals surface area contributed by atoms with Crippen molar-refractivity contribution in [3.63, 3.8) is 0 Å². The molecule has 0 amide bonds. The van der Waals surface area contributed by atoms with Gasteiger partial charge in [-0.1, -0.05) is 12.1 Å². The van der Waals surface area contributed by atoms with Crippen molar-refractivity contribution >= 4 is 23.5 Å². The molecule has 1 N–H and O–H groups in total. The number of nitrogens with one attached hydrogen (secondary N) is 1. The number of carbonyl (C=O) groups is 1. The summed E-state index contributed by atoms with van der Waals surface area (Å²) in [6, 6.07) is 6.23. The van der Waals surface area contributed by atoms with E-state index in [0.717, 1.165) is 5.56 Å². The van der Waals surface area contributed by atoms with Crippen LogP contribution in [0.5, 0.6) is 0 Å². The molecule has 0 aliphatic rings. The molecule has 0 radical (unpaired) electrons. The summed E-state index contributed by atoms with van der Waals surface area (Å²) in [7, 11) is 0. The minimum absolute atomic E-state index is 0.0618. The molecule has 0 bridgehead atoms. The van der Waals surface area contributed by atoms with E-state index in [4.69, 9.17) is 4.74 Å². The summed E-state index contributed by atoms with van der Waals surface area (Å²) in [5.74, 6) is -0.696. The summed E-state index contributed by atoms with van der Waals surface area (Å²) in [6.45, 7) is 2.21. The Morgan fingerprint density at radius 2 is 2.43 bits per heavy atom. The van der Waals surface area contributed by atoms with Crippen LogP contribution in [-0.4, -0.2) is 23.8 Å². The first-order valence-electron chi connectivity index (χ1n) is 6.23. The van der Waals surface area contributed by atoms with Gasteiger partial charge in [0, 0.05) is 0 Å². The largest absolute Gasteiger partial charge is 0.456 e. The van der Waals surface area contributed by atoms with Crippen LogP contribution in [0.2, 0.25) is 0 Å². The number of aromatic nitrogens is 1. The zero-order chi connectivity index (χ0) is 15.1. The minimum Gasteiger partial charge on any atom is -0.456 e. The molecule has 0 unspecified atom stereocenters. The molecule has 2 aromatic rings. The average Bonchev–Trinajstić information content (AvgIpc) is 2.89. The van der Waals surface area contributed by atoms with Gasteiger partial charge in [0.25, 0.3) is 0 Å². The highest BCUT2D eigenvalue weighted by molar-refractivity contribution is 7.11.